The van der Waals surface area contributed by atoms with Gasteiger partial charge in [0, 0.05) is 30.2 Å². The highest BCUT2D eigenvalue weighted by molar-refractivity contribution is 5.83. The van der Waals surface area contributed by atoms with Gasteiger partial charge < -0.3 is 19.6 Å². The van der Waals surface area contributed by atoms with Crippen LogP contribution >= 0.6 is 0 Å². The van der Waals surface area contributed by atoms with Crippen LogP contribution in [0.15, 0.2) is 23.0 Å². The Morgan fingerprint density at radius 2 is 2.00 bits per heavy atom. The lowest BCUT2D eigenvalue weighted by Crippen LogP contribution is -2.27. The van der Waals surface area contributed by atoms with Gasteiger partial charge in [0.15, 0.2) is 11.5 Å². The van der Waals surface area contributed by atoms with E-state index in [1.807, 2.05) is 18.2 Å². The molecule has 23 heavy (non-hydrogen) atoms. The maximum Gasteiger partial charge on any atom is 0.252 e. The van der Waals surface area contributed by atoms with E-state index in [0.29, 0.717) is 18.0 Å². The van der Waals surface area contributed by atoms with Gasteiger partial charge in [-0.2, -0.15) is 0 Å². The first-order valence-electron chi connectivity index (χ1n) is 8.00. The van der Waals surface area contributed by atoms with Crippen molar-refractivity contribution in [3.63, 3.8) is 0 Å². The van der Waals surface area contributed by atoms with Crippen molar-refractivity contribution in [2.45, 2.75) is 26.3 Å². The average Bonchev–Trinajstić information content (AvgIpc) is 2.99. The molecule has 0 bridgehead atoms. The number of nitrogens with zero attached hydrogens (tertiary/aromatic N) is 1. The number of nitrogens with one attached hydrogen (secondary N) is 1. The summed E-state index contributed by atoms with van der Waals surface area (Å²) in [5.74, 6) is 1.38. The standard InChI is InChI=1S/C17H22N2O4/c1-2-19(5-3-4-6-20)10-13-7-12-8-15-16(23-11-22-15)9-14(12)18-17(13)21/h7-9,20H,2-6,10-11H2,1H3,(H,18,21). The molecule has 6 heteroatoms. The Morgan fingerprint density at radius 3 is 2.74 bits per heavy atom. The van der Waals surface area contributed by atoms with Crippen molar-refractivity contribution >= 4 is 10.9 Å². The van der Waals surface area contributed by atoms with Crippen molar-refractivity contribution in [2.24, 2.45) is 0 Å². The number of aromatic nitrogens is 1. The lowest BCUT2D eigenvalue weighted by atomic mass is 10.1. The van der Waals surface area contributed by atoms with E-state index in [9.17, 15) is 4.79 Å². The molecule has 0 saturated carbocycles. The summed E-state index contributed by atoms with van der Waals surface area (Å²) in [5.41, 5.74) is 1.42. The van der Waals surface area contributed by atoms with Gasteiger partial charge in [-0.1, -0.05) is 6.92 Å². The van der Waals surface area contributed by atoms with Gasteiger partial charge in [0.25, 0.3) is 5.56 Å². The fourth-order valence-electron chi connectivity index (χ4n) is 2.80. The number of aliphatic hydroxyl groups is 1. The maximum absolute atomic E-state index is 12.3. The fraction of sp³-hybridized carbons (Fsp3) is 0.471. The highest BCUT2D eigenvalue weighted by atomic mass is 16.7. The summed E-state index contributed by atoms with van der Waals surface area (Å²) < 4.78 is 10.7. The summed E-state index contributed by atoms with van der Waals surface area (Å²) in [6, 6.07) is 5.63. The average molecular weight is 318 g/mol. The largest absolute Gasteiger partial charge is 0.454 e. The van der Waals surface area contributed by atoms with E-state index < -0.39 is 0 Å². The van der Waals surface area contributed by atoms with Crippen LogP contribution in [0.25, 0.3) is 10.9 Å². The molecule has 1 aliphatic heterocycles. The third-order valence-corrected chi connectivity index (χ3v) is 4.14. The van der Waals surface area contributed by atoms with E-state index >= 15 is 0 Å². The molecule has 2 aromatic rings. The van der Waals surface area contributed by atoms with E-state index in [0.717, 1.165) is 42.4 Å². The Labute approximate surface area is 134 Å². The number of fused-ring (bicyclic) bond motifs is 2. The van der Waals surface area contributed by atoms with Crippen LogP contribution in [-0.2, 0) is 6.54 Å². The molecule has 0 fully saturated rings. The Kier molecular flexibility index (Phi) is 4.83. The highest BCUT2D eigenvalue weighted by Crippen LogP contribution is 2.35. The molecule has 0 unspecified atom stereocenters. The zero-order valence-corrected chi connectivity index (χ0v) is 13.3. The van der Waals surface area contributed by atoms with Crippen LogP contribution in [0.1, 0.15) is 25.3 Å². The molecule has 124 valence electrons. The smallest absolute Gasteiger partial charge is 0.252 e. The van der Waals surface area contributed by atoms with E-state index in [4.69, 9.17) is 14.6 Å². The lowest BCUT2D eigenvalue weighted by Gasteiger charge is -2.20. The minimum Gasteiger partial charge on any atom is -0.454 e. The van der Waals surface area contributed by atoms with Crippen molar-refractivity contribution in [1.29, 1.82) is 0 Å². The number of hydrogen-bond acceptors (Lipinski definition) is 5. The third-order valence-electron chi connectivity index (χ3n) is 4.14. The molecule has 6 nitrogen and oxygen atoms in total. The maximum atomic E-state index is 12.3. The quantitative estimate of drug-likeness (QED) is 0.762. The van der Waals surface area contributed by atoms with Gasteiger partial charge in [-0.15, -0.1) is 0 Å². The van der Waals surface area contributed by atoms with Crippen LogP contribution in [0.5, 0.6) is 11.5 Å². The van der Waals surface area contributed by atoms with Crippen molar-refractivity contribution < 1.29 is 14.6 Å². The first-order chi connectivity index (χ1) is 11.2. The van der Waals surface area contributed by atoms with E-state index in [1.165, 1.54) is 0 Å². The molecule has 0 amide bonds. The summed E-state index contributed by atoms with van der Waals surface area (Å²) >= 11 is 0. The number of pyridine rings is 1. The van der Waals surface area contributed by atoms with Crippen molar-refractivity contribution in [1.82, 2.24) is 9.88 Å². The summed E-state index contributed by atoms with van der Waals surface area (Å²) in [7, 11) is 0. The number of aliphatic hydroxyl groups excluding tert-OH is 1. The van der Waals surface area contributed by atoms with Crippen molar-refractivity contribution in [3.8, 4) is 11.5 Å². The van der Waals surface area contributed by atoms with E-state index in [1.54, 1.807) is 0 Å². The van der Waals surface area contributed by atoms with Crippen LogP contribution in [0.4, 0.5) is 0 Å². The topological polar surface area (TPSA) is 74.8 Å². The third kappa shape index (κ3) is 3.48. The van der Waals surface area contributed by atoms with E-state index in [-0.39, 0.29) is 19.0 Å². The number of aromatic amines is 1. The van der Waals surface area contributed by atoms with Crippen LogP contribution in [0.3, 0.4) is 0 Å². The predicted octanol–water partition coefficient (Wildman–Crippen LogP) is 1.85. The molecule has 0 atom stereocenters. The number of hydrogen-bond donors (Lipinski definition) is 2. The normalized spacial score (nSPS) is 13.2. The molecule has 3 rings (SSSR count). The second kappa shape index (κ2) is 7.02. The molecular weight excluding hydrogens is 296 g/mol. The Bertz CT molecular complexity index is 741. The van der Waals surface area contributed by atoms with Gasteiger partial charge in [0.05, 0.1) is 5.52 Å². The zero-order valence-electron chi connectivity index (χ0n) is 13.3. The second-order valence-electron chi connectivity index (χ2n) is 5.72. The summed E-state index contributed by atoms with van der Waals surface area (Å²) in [5, 5.41) is 9.83. The minimum atomic E-state index is -0.0722. The number of benzene rings is 1. The fourth-order valence-corrected chi connectivity index (χ4v) is 2.80. The van der Waals surface area contributed by atoms with Gasteiger partial charge in [-0.05, 0) is 38.1 Å². The number of ether oxygens (including phenoxy) is 2. The minimum absolute atomic E-state index is 0.0722. The second-order valence-corrected chi connectivity index (χ2v) is 5.72. The Balaban J connectivity index is 1.84. The predicted molar refractivity (Wildman–Crippen MR) is 88.0 cm³/mol. The Morgan fingerprint density at radius 1 is 1.22 bits per heavy atom. The van der Waals surface area contributed by atoms with Gasteiger partial charge in [-0.3, -0.25) is 9.69 Å². The summed E-state index contributed by atoms with van der Waals surface area (Å²) in [4.78, 5) is 17.5. The van der Waals surface area contributed by atoms with Gasteiger partial charge in [0.2, 0.25) is 6.79 Å². The zero-order chi connectivity index (χ0) is 16.2. The summed E-state index contributed by atoms with van der Waals surface area (Å²) in [6.45, 7) is 4.84. The molecule has 2 heterocycles. The number of H-pyrrole nitrogens is 1. The van der Waals surface area contributed by atoms with Gasteiger partial charge in [0.1, 0.15) is 0 Å². The molecule has 1 aliphatic rings. The molecule has 0 aliphatic carbocycles. The SMILES string of the molecule is CCN(CCCCO)Cc1cc2cc3c(cc2[nH]c1=O)OCO3. The highest BCUT2D eigenvalue weighted by Gasteiger charge is 2.16. The molecule has 2 N–H and O–H groups in total. The molecule has 1 aromatic carbocycles. The van der Waals surface area contributed by atoms with Crippen LogP contribution in [0, 0.1) is 0 Å². The Hall–Kier alpha value is -2.05. The van der Waals surface area contributed by atoms with Crippen LogP contribution in [0.2, 0.25) is 0 Å². The lowest BCUT2D eigenvalue weighted by molar-refractivity contribution is 0.174. The van der Waals surface area contributed by atoms with Gasteiger partial charge in [-0.25, -0.2) is 0 Å². The number of unbranched alkanes of at least 4 members (excludes halogenated alkanes) is 1. The van der Waals surface area contributed by atoms with Crippen LogP contribution < -0.4 is 15.0 Å². The number of rotatable bonds is 7. The van der Waals surface area contributed by atoms with E-state index in [2.05, 4.69) is 16.8 Å². The molecular formula is C17H22N2O4. The van der Waals surface area contributed by atoms with Crippen LogP contribution in [-0.4, -0.2) is 41.5 Å². The summed E-state index contributed by atoms with van der Waals surface area (Å²) in [6.07, 6.45) is 1.71. The molecule has 0 saturated heterocycles. The van der Waals surface area contributed by atoms with Gasteiger partial charge >= 0.3 is 0 Å². The molecule has 0 spiro atoms. The van der Waals surface area contributed by atoms with Crippen molar-refractivity contribution in [2.75, 3.05) is 26.5 Å². The molecule has 0 radical (unpaired) electrons. The first-order valence-corrected chi connectivity index (χ1v) is 8.00. The van der Waals surface area contributed by atoms with Crippen molar-refractivity contribution in [3.05, 3.63) is 34.1 Å². The first kappa shape index (κ1) is 15.8. The molecule has 1 aromatic heterocycles. The monoisotopic (exact) mass is 318 g/mol.